The third-order valence-corrected chi connectivity index (χ3v) is 9.49. The van der Waals surface area contributed by atoms with Gasteiger partial charge in [0.2, 0.25) is 11.8 Å². The van der Waals surface area contributed by atoms with Gasteiger partial charge in [0, 0.05) is 12.6 Å². The lowest BCUT2D eigenvalue weighted by Gasteiger charge is -2.34. The zero-order valence-electron chi connectivity index (χ0n) is 26.2. The first-order valence-corrected chi connectivity index (χ1v) is 16.6. The van der Waals surface area contributed by atoms with Crippen molar-refractivity contribution in [3.63, 3.8) is 0 Å². The van der Waals surface area contributed by atoms with Crippen LogP contribution in [-0.2, 0) is 26.2 Å². The Morgan fingerprint density at radius 3 is 1.96 bits per heavy atom. The molecule has 4 aromatic rings. The average Bonchev–Trinajstić information content (AvgIpc) is 3.05. The zero-order valence-corrected chi connectivity index (χ0v) is 27.0. The van der Waals surface area contributed by atoms with Crippen LogP contribution in [0.3, 0.4) is 0 Å². The summed E-state index contributed by atoms with van der Waals surface area (Å²) in [7, 11) is -4.17. The summed E-state index contributed by atoms with van der Waals surface area (Å²) in [6, 6.07) is 30.6. The molecule has 0 aliphatic rings. The van der Waals surface area contributed by atoms with E-state index in [1.165, 1.54) is 17.0 Å². The molecule has 4 aromatic carbocycles. The number of hydrogen-bond donors (Lipinski definition) is 1. The van der Waals surface area contributed by atoms with Crippen LogP contribution in [0.15, 0.2) is 114 Å². The Morgan fingerprint density at radius 1 is 0.778 bits per heavy atom. The Labute approximate surface area is 266 Å². The highest BCUT2D eigenvalue weighted by Gasteiger charge is 2.34. The van der Waals surface area contributed by atoms with Crippen molar-refractivity contribution < 1.29 is 22.7 Å². The molecule has 236 valence electrons. The summed E-state index contributed by atoms with van der Waals surface area (Å²) in [6.45, 7) is 7.34. The fraction of sp³-hybridized carbons (Fsp3) is 0.278. The SMILES string of the molecule is CCC(C)NC(=O)C(CC)N(Cc1ccccc1C)C(=O)CN(c1ccc(Oc2ccccc2)cc1)S(=O)(=O)c1ccccc1. The van der Waals surface area contributed by atoms with E-state index in [1.807, 2.05) is 82.3 Å². The molecule has 0 saturated heterocycles. The van der Waals surface area contributed by atoms with E-state index in [-0.39, 0.29) is 23.4 Å². The first-order chi connectivity index (χ1) is 21.6. The number of nitrogens with zero attached hydrogens (tertiary/aromatic N) is 2. The van der Waals surface area contributed by atoms with E-state index >= 15 is 0 Å². The van der Waals surface area contributed by atoms with Gasteiger partial charge >= 0.3 is 0 Å². The molecule has 45 heavy (non-hydrogen) atoms. The molecule has 0 saturated carbocycles. The summed E-state index contributed by atoms with van der Waals surface area (Å²) in [5, 5.41) is 3.00. The highest BCUT2D eigenvalue weighted by molar-refractivity contribution is 7.92. The number of benzene rings is 4. The molecule has 1 N–H and O–H groups in total. The van der Waals surface area contributed by atoms with Crippen LogP contribution in [-0.4, -0.2) is 43.8 Å². The summed E-state index contributed by atoms with van der Waals surface area (Å²) in [5.74, 6) is 0.395. The third kappa shape index (κ3) is 8.51. The monoisotopic (exact) mass is 627 g/mol. The van der Waals surface area contributed by atoms with Gasteiger partial charge in [-0.25, -0.2) is 8.42 Å². The zero-order chi connectivity index (χ0) is 32.4. The van der Waals surface area contributed by atoms with Crippen molar-refractivity contribution in [3.05, 3.63) is 120 Å². The maximum absolute atomic E-state index is 14.3. The molecule has 0 aliphatic heterocycles. The lowest BCUT2D eigenvalue weighted by molar-refractivity contribution is -0.140. The predicted octanol–water partition coefficient (Wildman–Crippen LogP) is 6.70. The van der Waals surface area contributed by atoms with Gasteiger partial charge in [-0.15, -0.1) is 0 Å². The number of anilines is 1. The molecular formula is C36H41N3O5S. The van der Waals surface area contributed by atoms with Crippen molar-refractivity contribution in [2.45, 2.75) is 64.1 Å². The number of nitrogens with one attached hydrogen (secondary N) is 1. The van der Waals surface area contributed by atoms with Gasteiger partial charge in [-0.3, -0.25) is 13.9 Å². The number of carbonyl (C=O) groups is 2. The number of hydrogen-bond acceptors (Lipinski definition) is 5. The highest BCUT2D eigenvalue weighted by atomic mass is 32.2. The lowest BCUT2D eigenvalue weighted by atomic mass is 10.1. The molecule has 0 spiro atoms. The Kier molecular flexibility index (Phi) is 11.4. The minimum absolute atomic E-state index is 0.0504. The fourth-order valence-corrected chi connectivity index (χ4v) is 6.32. The summed E-state index contributed by atoms with van der Waals surface area (Å²) in [6.07, 6.45) is 1.10. The molecule has 0 radical (unpaired) electrons. The van der Waals surface area contributed by atoms with Crippen LogP contribution in [0.5, 0.6) is 11.5 Å². The average molecular weight is 628 g/mol. The first-order valence-electron chi connectivity index (χ1n) is 15.2. The van der Waals surface area contributed by atoms with Crippen LogP contribution in [0.25, 0.3) is 0 Å². The molecule has 0 fully saturated rings. The maximum atomic E-state index is 14.3. The second kappa shape index (κ2) is 15.4. The summed E-state index contributed by atoms with van der Waals surface area (Å²) < 4.78 is 35.2. The van der Waals surface area contributed by atoms with E-state index < -0.39 is 28.5 Å². The second-order valence-electron chi connectivity index (χ2n) is 10.9. The largest absolute Gasteiger partial charge is 0.457 e. The van der Waals surface area contributed by atoms with Gasteiger partial charge in [-0.2, -0.15) is 0 Å². The van der Waals surface area contributed by atoms with Crippen LogP contribution < -0.4 is 14.4 Å². The number of aryl methyl sites for hydroxylation is 1. The van der Waals surface area contributed by atoms with Crippen molar-refractivity contribution in [2.75, 3.05) is 10.8 Å². The van der Waals surface area contributed by atoms with Crippen molar-refractivity contribution in [2.24, 2.45) is 0 Å². The summed E-state index contributed by atoms with van der Waals surface area (Å²) in [5.41, 5.74) is 2.14. The number of amides is 2. The van der Waals surface area contributed by atoms with E-state index in [4.69, 9.17) is 4.74 Å². The van der Waals surface area contributed by atoms with Gasteiger partial charge in [0.15, 0.2) is 0 Å². The number of carbonyl (C=O) groups excluding carboxylic acids is 2. The molecule has 9 heteroatoms. The van der Waals surface area contributed by atoms with Crippen LogP contribution in [0.2, 0.25) is 0 Å². The van der Waals surface area contributed by atoms with Crippen LogP contribution in [0, 0.1) is 6.92 Å². The Balaban J connectivity index is 1.72. The van der Waals surface area contributed by atoms with E-state index in [0.29, 0.717) is 23.6 Å². The number of ether oxygens (including phenoxy) is 1. The topological polar surface area (TPSA) is 96.0 Å². The summed E-state index contributed by atoms with van der Waals surface area (Å²) in [4.78, 5) is 29.3. The van der Waals surface area contributed by atoms with E-state index in [9.17, 15) is 18.0 Å². The van der Waals surface area contributed by atoms with Crippen molar-refractivity contribution in [1.29, 1.82) is 0 Å². The molecule has 0 bridgehead atoms. The Bertz CT molecular complexity index is 1660. The fourth-order valence-electron chi connectivity index (χ4n) is 4.89. The maximum Gasteiger partial charge on any atom is 0.264 e. The van der Waals surface area contributed by atoms with Crippen molar-refractivity contribution in [3.8, 4) is 11.5 Å². The molecule has 2 amide bonds. The van der Waals surface area contributed by atoms with Gasteiger partial charge in [-0.1, -0.05) is 74.5 Å². The lowest BCUT2D eigenvalue weighted by Crippen LogP contribution is -2.53. The minimum Gasteiger partial charge on any atom is -0.457 e. The molecule has 2 unspecified atom stereocenters. The molecule has 0 aliphatic carbocycles. The molecule has 2 atom stereocenters. The molecular weight excluding hydrogens is 586 g/mol. The Morgan fingerprint density at radius 2 is 1.36 bits per heavy atom. The van der Waals surface area contributed by atoms with E-state index in [2.05, 4.69) is 5.32 Å². The van der Waals surface area contributed by atoms with Crippen LogP contribution >= 0.6 is 0 Å². The van der Waals surface area contributed by atoms with Crippen molar-refractivity contribution >= 4 is 27.5 Å². The summed E-state index contributed by atoms with van der Waals surface area (Å²) >= 11 is 0. The van der Waals surface area contributed by atoms with Gasteiger partial charge in [0.25, 0.3) is 10.0 Å². The quantitative estimate of drug-likeness (QED) is 0.168. The molecule has 4 rings (SSSR count). The molecule has 0 heterocycles. The molecule has 0 aromatic heterocycles. The predicted molar refractivity (Wildman–Crippen MR) is 178 cm³/mol. The van der Waals surface area contributed by atoms with Gasteiger partial charge in [-0.05, 0) is 86.3 Å². The second-order valence-corrected chi connectivity index (χ2v) is 12.8. The smallest absolute Gasteiger partial charge is 0.264 e. The van der Waals surface area contributed by atoms with Gasteiger partial charge in [0.05, 0.1) is 10.6 Å². The van der Waals surface area contributed by atoms with Crippen LogP contribution in [0.1, 0.15) is 44.7 Å². The van der Waals surface area contributed by atoms with Gasteiger partial charge < -0.3 is 15.0 Å². The number of para-hydroxylation sites is 1. The molecule has 8 nitrogen and oxygen atoms in total. The normalized spacial score (nSPS) is 12.5. The van der Waals surface area contributed by atoms with E-state index in [0.717, 1.165) is 21.9 Å². The van der Waals surface area contributed by atoms with Crippen LogP contribution in [0.4, 0.5) is 5.69 Å². The Hall–Kier alpha value is -4.63. The number of sulfonamides is 1. The standard InChI is InChI=1S/C36H41N3O5S/c1-5-28(4)37-36(41)34(6-2)38(25-29-16-14-13-15-27(29)3)35(40)26-39(45(42,43)33-19-11-8-12-20-33)30-21-23-32(24-22-30)44-31-17-9-7-10-18-31/h7-24,28,34H,5-6,25-26H2,1-4H3,(H,37,41). The van der Waals surface area contributed by atoms with Gasteiger partial charge in [0.1, 0.15) is 24.1 Å². The van der Waals surface area contributed by atoms with Crippen molar-refractivity contribution in [1.82, 2.24) is 10.2 Å². The first kappa shape index (κ1) is 33.3. The highest BCUT2D eigenvalue weighted by Crippen LogP contribution is 2.29. The third-order valence-electron chi connectivity index (χ3n) is 7.70. The van der Waals surface area contributed by atoms with E-state index in [1.54, 1.807) is 42.5 Å². The minimum atomic E-state index is -4.17. The number of rotatable bonds is 14.